The number of hydroxylamine groups is 1. The molecule has 40 heavy (non-hydrogen) atoms. The molecule has 0 aromatic rings. The lowest BCUT2D eigenvalue weighted by Gasteiger charge is -2.31. The van der Waals surface area contributed by atoms with Crippen LogP contribution in [0.5, 0.6) is 0 Å². The summed E-state index contributed by atoms with van der Waals surface area (Å²) in [5.74, 6) is 0. The highest BCUT2D eigenvalue weighted by Gasteiger charge is 2.33. The Bertz CT molecular complexity index is 777. The zero-order valence-electron chi connectivity index (χ0n) is 26.4. The maximum Gasteiger partial charge on any atom is 0.177 e. The highest BCUT2D eigenvalue weighted by Crippen LogP contribution is 2.38. The topological polar surface area (TPSA) is 68.8 Å². The molecule has 0 aliphatic carbocycles. The van der Waals surface area contributed by atoms with Gasteiger partial charge in [-0.3, -0.25) is 4.84 Å². The van der Waals surface area contributed by atoms with Crippen LogP contribution < -0.4 is 10.8 Å². The van der Waals surface area contributed by atoms with Crippen molar-refractivity contribution in [2.75, 3.05) is 26.9 Å². The van der Waals surface area contributed by atoms with E-state index in [1.807, 2.05) is 26.1 Å². The van der Waals surface area contributed by atoms with E-state index in [1.54, 1.807) is 18.8 Å². The first-order chi connectivity index (χ1) is 19.4. The summed E-state index contributed by atoms with van der Waals surface area (Å²) in [6.07, 6.45) is 23.5. The summed E-state index contributed by atoms with van der Waals surface area (Å²) in [4.78, 5) is 17.8. The molecule has 0 amide bonds. The Balaban J connectivity index is 0.00000115. The smallest absolute Gasteiger partial charge is 0.177 e. The van der Waals surface area contributed by atoms with Crippen LogP contribution in [0.2, 0.25) is 0 Å². The van der Waals surface area contributed by atoms with E-state index in [2.05, 4.69) is 69.4 Å². The van der Waals surface area contributed by atoms with Crippen molar-refractivity contribution in [1.29, 1.82) is 0 Å². The van der Waals surface area contributed by atoms with E-state index in [0.717, 1.165) is 43.5 Å². The summed E-state index contributed by atoms with van der Waals surface area (Å²) in [5, 5.41) is 3.44. The van der Waals surface area contributed by atoms with Gasteiger partial charge in [-0.05, 0) is 75.3 Å². The van der Waals surface area contributed by atoms with E-state index >= 15 is 0 Å². The molecule has 2 fully saturated rings. The molecule has 0 aromatic heterocycles. The standard InChI is InChI=1S/C25H39NO2S.C6H13NO2.C2H6/c1-6-9-10-12-23(11-7-2)14-13-21(4)24(8-3)26-19-22(5)29-25(20-27)15-17-28-18-16-25;1-7-9-6-4-2-3-5-8-6;1-2/h7-8,11,13-14,19-20,24,26H,3,6,9-10,12,15-18H2,1-2,4-5H3;6-7H,2-5H2,1H3;1-2H3/b11-7-,21-13+,22-19+,23-14+;;. The van der Waals surface area contributed by atoms with Gasteiger partial charge < -0.3 is 19.6 Å². The second-order valence-corrected chi connectivity index (χ2v) is 11.4. The van der Waals surface area contributed by atoms with Gasteiger partial charge in [0.05, 0.1) is 10.8 Å². The molecule has 7 heteroatoms. The Morgan fingerprint density at radius 2 is 1.88 bits per heavy atom. The van der Waals surface area contributed by atoms with Gasteiger partial charge in [-0.15, -0.1) is 18.3 Å². The molecule has 2 aliphatic heterocycles. The number of hydrogen-bond acceptors (Lipinski definition) is 7. The average molecular weight is 579 g/mol. The van der Waals surface area contributed by atoms with Crippen LogP contribution in [0.1, 0.15) is 99.3 Å². The number of aldehydes is 1. The molecule has 2 unspecified atom stereocenters. The summed E-state index contributed by atoms with van der Waals surface area (Å²) in [6.45, 7) is 18.6. The number of rotatable bonds is 15. The fourth-order valence-corrected chi connectivity index (χ4v) is 5.38. The van der Waals surface area contributed by atoms with Gasteiger partial charge in [0.1, 0.15) is 6.29 Å². The zero-order valence-corrected chi connectivity index (χ0v) is 27.2. The van der Waals surface area contributed by atoms with Crippen LogP contribution >= 0.6 is 11.8 Å². The van der Waals surface area contributed by atoms with E-state index in [9.17, 15) is 4.79 Å². The fraction of sp³-hybridized carbons (Fsp3) is 0.667. The molecule has 2 N–H and O–H groups in total. The van der Waals surface area contributed by atoms with Gasteiger partial charge in [0.25, 0.3) is 0 Å². The molecule has 2 atom stereocenters. The van der Waals surface area contributed by atoms with Gasteiger partial charge >= 0.3 is 0 Å². The lowest BCUT2D eigenvalue weighted by Crippen LogP contribution is -2.34. The molecule has 2 rings (SSSR count). The van der Waals surface area contributed by atoms with Gasteiger partial charge in [-0.1, -0.05) is 64.0 Å². The van der Waals surface area contributed by atoms with E-state index in [-0.39, 0.29) is 17.1 Å². The lowest BCUT2D eigenvalue weighted by atomic mass is 10.0. The second kappa shape index (κ2) is 25.1. The van der Waals surface area contributed by atoms with Crippen molar-refractivity contribution >= 4 is 18.0 Å². The molecule has 0 radical (unpaired) electrons. The molecule has 0 spiro atoms. The van der Waals surface area contributed by atoms with Crippen LogP contribution in [0.25, 0.3) is 0 Å². The average Bonchev–Trinajstić information content (AvgIpc) is 2.99. The first kappa shape index (κ1) is 38.4. The first-order valence-corrected chi connectivity index (χ1v) is 16.0. The quantitative estimate of drug-likeness (QED) is 0.0667. The third-order valence-electron chi connectivity index (χ3n) is 6.51. The molecule has 2 saturated heterocycles. The van der Waals surface area contributed by atoms with Crippen molar-refractivity contribution in [3.63, 3.8) is 0 Å². The van der Waals surface area contributed by atoms with Crippen molar-refractivity contribution in [2.45, 2.75) is 116 Å². The largest absolute Gasteiger partial charge is 0.381 e. The van der Waals surface area contributed by atoms with Crippen LogP contribution in [0, 0.1) is 0 Å². The molecule has 0 aromatic carbocycles. The summed E-state index contributed by atoms with van der Waals surface area (Å²) in [5.41, 5.74) is 5.18. The Labute approximate surface area is 250 Å². The van der Waals surface area contributed by atoms with Gasteiger partial charge in [0.2, 0.25) is 0 Å². The molecule has 0 saturated carbocycles. The molecule has 230 valence electrons. The third kappa shape index (κ3) is 17.2. The molecule has 0 bridgehead atoms. The van der Waals surface area contributed by atoms with Crippen molar-refractivity contribution in [1.82, 2.24) is 10.8 Å². The Morgan fingerprint density at radius 1 is 1.15 bits per heavy atom. The molecular weight excluding hydrogens is 520 g/mol. The number of carbonyl (C=O) groups is 1. The van der Waals surface area contributed by atoms with Gasteiger partial charge in [0, 0.05) is 39.5 Å². The Morgan fingerprint density at radius 3 is 2.42 bits per heavy atom. The SMILES string of the molecule is C=CC(N/C=C(\C)SC1(C=O)CCOCC1)/C(C)=C/C=C(\C=C/C)CCCCC.CC.CNOC1CCCCO1. The number of allylic oxidation sites excluding steroid dienone is 6. The van der Waals surface area contributed by atoms with Gasteiger partial charge in [-0.25, -0.2) is 5.48 Å². The third-order valence-corrected chi connectivity index (χ3v) is 7.86. The van der Waals surface area contributed by atoms with E-state index in [1.165, 1.54) is 43.3 Å². The molecular formula is C33H58N2O4S. The summed E-state index contributed by atoms with van der Waals surface area (Å²) in [6, 6.07) is 0.0613. The van der Waals surface area contributed by atoms with E-state index in [4.69, 9.17) is 14.3 Å². The number of carbonyl (C=O) groups excluding carboxylic acids is 1. The summed E-state index contributed by atoms with van der Waals surface area (Å²) < 4.78 is 10.3. The van der Waals surface area contributed by atoms with E-state index in [0.29, 0.717) is 13.2 Å². The fourth-order valence-electron chi connectivity index (χ4n) is 4.20. The highest BCUT2D eigenvalue weighted by atomic mass is 32.2. The van der Waals surface area contributed by atoms with Gasteiger partial charge in [-0.2, -0.15) is 0 Å². The monoisotopic (exact) mass is 578 g/mol. The van der Waals surface area contributed by atoms with Crippen molar-refractivity contribution in [2.24, 2.45) is 0 Å². The first-order valence-electron chi connectivity index (χ1n) is 15.2. The predicted octanol–water partition coefficient (Wildman–Crippen LogP) is 8.19. The Hall–Kier alpha value is -1.64. The zero-order chi connectivity index (χ0) is 30.1. The number of thioether (sulfide) groups is 1. The summed E-state index contributed by atoms with van der Waals surface area (Å²) in [7, 11) is 1.75. The van der Waals surface area contributed by atoms with Crippen LogP contribution in [0.15, 0.2) is 59.2 Å². The maximum absolute atomic E-state index is 11.7. The number of nitrogens with one attached hydrogen (secondary N) is 2. The van der Waals surface area contributed by atoms with Crippen molar-refractivity contribution in [3.8, 4) is 0 Å². The minimum atomic E-state index is -0.350. The molecule has 2 heterocycles. The van der Waals surface area contributed by atoms with Crippen LogP contribution in [-0.4, -0.2) is 50.2 Å². The van der Waals surface area contributed by atoms with E-state index < -0.39 is 0 Å². The normalized spacial score (nSPS) is 20.5. The lowest BCUT2D eigenvalue weighted by molar-refractivity contribution is -0.191. The van der Waals surface area contributed by atoms with Crippen LogP contribution in [0.4, 0.5) is 0 Å². The minimum Gasteiger partial charge on any atom is -0.381 e. The number of hydrogen-bond donors (Lipinski definition) is 2. The Kier molecular flexibility index (Phi) is 24.1. The maximum atomic E-state index is 11.7. The number of ether oxygens (including phenoxy) is 2. The molecule has 6 nitrogen and oxygen atoms in total. The predicted molar refractivity (Wildman–Crippen MR) is 173 cm³/mol. The second-order valence-electron chi connectivity index (χ2n) is 9.76. The van der Waals surface area contributed by atoms with Crippen LogP contribution in [0.3, 0.4) is 0 Å². The van der Waals surface area contributed by atoms with Gasteiger partial charge in [0.15, 0.2) is 6.29 Å². The van der Waals surface area contributed by atoms with Crippen molar-refractivity contribution < 1.29 is 19.1 Å². The highest BCUT2D eigenvalue weighted by molar-refractivity contribution is 8.05. The van der Waals surface area contributed by atoms with Crippen molar-refractivity contribution in [3.05, 3.63) is 59.2 Å². The van der Waals surface area contributed by atoms with Crippen LogP contribution in [-0.2, 0) is 19.1 Å². The number of unbranched alkanes of at least 4 members (excludes halogenated alkanes) is 2. The molecule has 2 aliphatic rings. The summed E-state index contributed by atoms with van der Waals surface area (Å²) >= 11 is 1.64. The minimum absolute atomic E-state index is 0.0104.